The van der Waals surface area contributed by atoms with Crippen LogP contribution in [-0.2, 0) is 10.5 Å². The minimum Gasteiger partial charge on any atom is -0.480 e. The van der Waals surface area contributed by atoms with Gasteiger partial charge in [0.2, 0.25) is 11.7 Å². The number of aliphatic carboxylic acids is 1. The highest BCUT2D eigenvalue weighted by Crippen LogP contribution is 2.18. The summed E-state index contributed by atoms with van der Waals surface area (Å²) in [5.41, 5.74) is 6.02. The SMILES string of the molecule is N[C@@H](CSCc1nc(-c2ccc(F)cc2)no1)C(=O)O. The van der Waals surface area contributed by atoms with Crippen LogP contribution in [0.15, 0.2) is 28.8 Å². The lowest BCUT2D eigenvalue weighted by atomic mass is 10.2. The molecule has 0 radical (unpaired) electrons. The van der Waals surface area contributed by atoms with Crippen molar-refractivity contribution in [2.24, 2.45) is 5.73 Å². The predicted molar refractivity (Wildman–Crippen MR) is 71.5 cm³/mol. The zero-order valence-electron chi connectivity index (χ0n) is 10.3. The Morgan fingerprint density at radius 2 is 2.15 bits per heavy atom. The molecule has 0 aliphatic rings. The molecule has 6 nitrogen and oxygen atoms in total. The van der Waals surface area contributed by atoms with E-state index in [0.717, 1.165) is 0 Å². The molecule has 0 aliphatic heterocycles. The number of rotatable bonds is 6. The molecule has 3 N–H and O–H groups in total. The van der Waals surface area contributed by atoms with Crippen LogP contribution >= 0.6 is 11.8 Å². The zero-order chi connectivity index (χ0) is 14.5. The van der Waals surface area contributed by atoms with Gasteiger partial charge in [-0.1, -0.05) is 5.16 Å². The fraction of sp³-hybridized carbons (Fsp3) is 0.250. The number of nitrogens with zero attached hydrogens (tertiary/aromatic N) is 2. The van der Waals surface area contributed by atoms with E-state index in [9.17, 15) is 9.18 Å². The molecule has 0 fully saturated rings. The highest BCUT2D eigenvalue weighted by molar-refractivity contribution is 7.98. The molecule has 1 aromatic carbocycles. The highest BCUT2D eigenvalue weighted by Gasteiger charge is 2.13. The summed E-state index contributed by atoms with van der Waals surface area (Å²) in [4.78, 5) is 14.7. The first kappa shape index (κ1) is 14.5. The summed E-state index contributed by atoms with van der Waals surface area (Å²) >= 11 is 1.29. The predicted octanol–water partition coefficient (Wildman–Crippen LogP) is 1.52. The van der Waals surface area contributed by atoms with Gasteiger partial charge in [-0.2, -0.15) is 4.98 Å². The van der Waals surface area contributed by atoms with Crippen molar-refractivity contribution in [2.75, 3.05) is 5.75 Å². The van der Waals surface area contributed by atoms with Crippen molar-refractivity contribution in [3.63, 3.8) is 0 Å². The van der Waals surface area contributed by atoms with E-state index in [2.05, 4.69) is 10.1 Å². The maximum Gasteiger partial charge on any atom is 0.321 e. The van der Waals surface area contributed by atoms with Gasteiger partial charge in [0.15, 0.2) is 0 Å². The Bertz CT molecular complexity index is 588. The van der Waals surface area contributed by atoms with Gasteiger partial charge >= 0.3 is 5.97 Å². The van der Waals surface area contributed by atoms with E-state index >= 15 is 0 Å². The number of thioether (sulfide) groups is 1. The van der Waals surface area contributed by atoms with Gasteiger partial charge in [-0.15, -0.1) is 11.8 Å². The van der Waals surface area contributed by atoms with Crippen molar-refractivity contribution in [1.82, 2.24) is 10.1 Å². The van der Waals surface area contributed by atoms with Gasteiger partial charge in [-0.25, -0.2) is 4.39 Å². The molecule has 1 aromatic heterocycles. The van der Waals surface area contributed by atoms with Gasteiger partial charge in [-0.3, -0.25) is 4.79 Å². The molecular formula is C12H12FN3O3S. The van der Waals surface area contributed by atoms with E-state index in [1.54, 1.807) is 12.1 Å². The summed E-state index contributed by atoms with van der Waals surface area (Å²) < 4.78 is 17.8. The molecule has 0 spiro atoms. The first-order valence-corrected chi connectivity index (χ1v) is 6.86. The van der Waals surface area contributed by atoms with Crippen molar-refractivity contribution in [3.05, 3.63) is 36.0 Å². The lowest BCUT2D eigenvalue weighted by Crippen LogP contribution is -2.32. The van der Waals surface area contributed by atoms with E-state index in [-0.39, 0.29) is 11.6 Å². The molecule has 2 rings (SSSR count). The van der Waals surface area contributed by atoms with Gasteiger partial charge in [0, 0.05) is 11.3 Å². The zero-order valence-corrected chi connectivity index (χ0v) is 11.1. The van der Waals surface area contributed by atoms with Gasteiger partial charge in [0.05, 0.1) is 5.75 Å². The van der Waals surface area contributed by atoms with Crippen LogP contribution < -0.4 is 5.73 Å². The number of halogens is 1. The standard InChI is InChI=1S/C12H12FN3O3S/c13-8-3-1-7(2-4-8)11-15-10(19-16-11)6-20-5-9(14)12(17)18/h1-4,9H,5-6,14H2,(H,17,18)/t9-/m0/s1. The van der Waals surface area contributed by atoms with Crippen molar-refractivity contribution in [1.29, 1.82) is 0 Å². The molecular weight excluding hydrogens is 285 g/mol. The Labute approximate surface area is 118 Å². The maximum absolute atomic E-state index is 12.8. The van der Waals surface area contributed by atoms with Crippen molar-refractivity contribution >= 4 is 17.7 Å². The summed E-state index contributed by atoms with van der Waals surface area (Å²) in [6.07, 6.45) is 0. The number of hydrogen-bond donors (Lipinski definition) is 2. The van der Waals surface area contributed by atoms with Crippen LogP contribution in [0, 0.1) is 5.82 Å². The van der Waals surface area contributed by atoms with Gasteiger partial charge < -0.3 is 15.4 Å². The third kappa shape index (κ3) is 3.78. The number of hydrogen-bond acceptors (Lipinski definition) is 6. The Balaban J connectivity index is 1.92. The van der Waals surface area contributed by atoms with E-state index in [0.29, 0.717) is 23.0 Å². The average molecular weight is 297 g/mol. The number of carbonyl (C=O) groups is 1. The fourth-order valence-corrected chi connectivity index (χ4v) is 2.18. The normalized spacial score (nSPS) is 12.3. The van der Waals surface area contributed by atoms with Crippen LogP contribution in [0.1, 0.15) is 5.89 Å². The molecule has 0 saturated heterocycles. The molecule has 8 heteroatoms. The van der Waals surface area contributed by atoms with E-state index < -0.39 is 12.0 Å². The van der Waals surface area contributed by atoms with Crippen molar-refractivity contribution in [2.45, 2.75) is 11.8 Å². The summed E-state index contributed by atoms with van der Waals surface area (Å²) in [7, 11) is 0. The Morgan fingerprint density at radius 1 is 1.45 bits per heavy atom. The topological polar surface area (TPSA) is 102 Å². The third-order valence-electron chi connectivity index (χ3n) is 2.41. The first-order chi connectivity index (χ1) is 9.56. The number of aromatic nitrogens is 2. The lowest BCUT2D eigenvalue weighted by Gasteiger charge is -2.03. The van der Waals surface area contributed by atoms with Crippen LogP contribution in [-0.4, -0.2) is 33.0 Å². The quantitative estimate of drug-likeness (QED) is 0.833. The van der Waals surface area contributed by atoms with Crippen LogP contribution in [0.4, 0.5) is 4.39 Å². The Morgan fingerprint density at radius 3 is 2.80 bits per heavy atom. The first-order valence-electron chi connectivity index (χ1n) is 5.71. The van der Waals surface area contributed by atoms with E-state index in [4.69, 9.17) is 15.4 Å². The van der Waals surface area contributed by atoms with E-state index in [1.807, 2.05) is 0 Å². The number of carboxylic acids is 1. The molecule has 0 unspecified atom stereocenters. The van der Waals surface area contributed by atoms with Crippen LogP contribution in [0.2, 0.25) is 0 Å². The summed E-state index contributed by atoms with van der Waals surface area (Å²) in [5, 5.41) is 12.4. The number of benzene rings is 1. The van der Waals surface area contributed by atoms with E-state index in [1.165, 1.54) is 23.9 Å². The Hall–Kier alpha value is -1.93. The Kier molecular flexibility index (Phi) is 4.70. The second kappa shape index (κ2) is 6.49. The monoisotopic (exact) mass is 297 g/mol. The molecule has 0 aliphatic carbocycles. The van der Waals surface area contributed by atoms with Gasteiger partial charge in [0.25, 0.3) is 0 Å². The number of carboxylic acid groups (broad SMARTS) is 1. The maximum atomic E-state index is 12.8. The molecule has 2 aromatic rings. The van der Waals surface area contributed by atoms with Gasteiger partial charge in [0.1, 0.15) is 11.9 Å². The second-order valence-corrected chi connectivity index (χ2v) is 5.01. The van der Waals surface area contributed by atoms with Crippen LogP contribution in [0.3, 0.4) is 0 Å². The molecule has 1 heterocycles. The molecule has 20 heavy (non-hydrogen) atoms. The molecule has 1 atom stereocenters. The summed E-state index contributed by atoms with van der Waals surface area (Å²) in [5.74, 6) is -0.0283. The van der Waals surface area contributed by atoms with Crippen LogP contribution in [0.5, 0.6) is 0 Å². The smallest absolute Gasteiger partial charge is 0.321 e. The second-order valence-electron chi connectivity index (χ2n) is 3.98. The van der Waals surface area contributed by atoms with Crippen molar-refractivity contribution in [3.8, 4) is 11.4 Å². The molecule has 106 valence electrons. The number of nitrogens with two attached hydrogens (primary N) is 1. The molecule has 0 saturated carbocycles. The summed E-state index contributed by atoms with van der Waals surface area (Å²) in [6.45, 7) is 0. The minimum atomic E-state index is -1.05. The van der Waals surface area contributed by atoms with Gasteiger partial charge in [-0.05, 0) is 24.3 Å². The average Bonchev–Trinajstić information content (AvgIpc) is 2.88. The molecule has 0 amide bonds. The largest absolute Gasteiger partial charge is 0.480 e. The highest BCUT2D eigenvalue weighted by atomic mass is 32.2. The third-order valence-corrected chi connectivity index (χ3v) is 3.46. The van der Waals surface area contributed by atoms with Crippen molar-refractivity contribution < 1.29 is 18.8 Å². The fourth-order valence-electron chi connectivity index (χ4n) is 1.37. The molecule has 0 bridgehead atoms. The lowest BCUT2D eigenvalue weighted by molar-refractivity contribution is -0.137. The minimum absolute atomic E-state index is 0.254. The summed E-state index contributed by atoms with van der Waals surface area (Å²) in [6, 6.07) is 4.81. The van der Waals surface area contributed by atoms with Crippen LogP contribution in [0.25, 0.3) is 11.4 Å².